The molecule has 2 aromatic carbocycles. The van der Waals surface area contributed by atoms with Crippen LogP contribution < -0.4 is 10.6 Å². The number of amides is 3. The maximum absolute atomic E-state index is 14.2. The Bertz CT molecular complexity index is 1370. The second-order valence-corrected chi connectivity index (χ2v) is 11.6. The lowest BCUT2D eigenvalue weighted by molar-refractivity contribution is -0.138. The van der Waals surface area contributed by atoms with Gasteiger partial charge in [0.1, 0.15) is 11.6 Å². The molecule has 0 unspecified atom stereocenters. The van der Waals surface area contributed by atoms with Crippen LogP contribution >= 0.6 is 0 Å². The van der Waals surface area contributed by atoms with Crippen LogP contribution in [0.4, 0.5) is 4.79 Å². The molecule has 0 spiro atoms. The average molecular weight is 563 g/mol. The number of fused-ring (bicyclic) bond motifs is 3. The van der Waals surface area contributed by atoms with Gasteiger partial charge in [-0.3, -0.25) is 14.5 Å². The van der Waals surface area contributed by atoms with Crippen molar-refractivity contribution >= 4 is 28.8 Å². The lowest BCUT2D eigenvalue weighted by Gasteiger charge is -2.41. The van der Waals surface area contributed by atoms with Crippen LogP contribution in [-0.4, -0.2) is 62.2 Å². The third kappa shape index (κ3) is 6.40. The van der Waals surface area contributed by atoms with E-state index in [9.17, 15) is 24.6 Å². The fourth-order valence-electron chi connectivity index (χ4n) is 5.79. The summed E-state index contributed by atoms with van der Waals surface area (Å²) in [7, 11) is 0. The summed E-state index contributed by atoms with van der Waals surface area (Å²) in [6.45, 7) is 7.42. The molecular weight excluding hydrogens is 520 g/mol. The number of aliphatic hydroxyl groups is 1. The molecule has 0 radical (unpaired) electrons. The van der Waals surface area contributed by atoms with E-state index < -0.39 is 29.6 Å². The number of nitrogens with one attached hydrogen (secondary N) is 3. The van der Waals surface area contributed by atoms with E-state index in [2.05, 4.69) is 15.6 Å². The summed E-state index contributed by atoms with van der Waals surface area (Å²) in [5, 5.41) is 27.3. The van der Waals surface area contributed by atoms with Gasteiger partial charge in [0.05, 0.1) is 12.6 Å². The normalized spacial score (nSPS) is 18.8. The Labute approximate surface area is 241 Å². The topological polar surface area (TPSA) is 135 Å². The largest absolute Gasteiger partial charge is 0.465 e. The molecule has 4 rings (SSSR count). The molecule has 220 valence electrons. The zero-order valence-corrected chi connectivity index (χ0v) is 24.3. The first-order valence-electron chi connectivity index (χ1n) is 14.5. The van der Waals surface area contributed by atoms with Crippen LogP contribution in [0.5, 0.6) is 0 Å². The van der Waals surface area contributed by atoms with E-state index in [-0.39, 0.29) is 37.3 Å². The van der Waals surface area contributed by atoms with E-state index in [1.807, 2.05) is 82.3 Å². The molecule has 5 N–H and O–H groups in total. The highest BCUT2D eigenvalue weighted by Gasteiger charge is 2.47. The second kappa shape index (κ2) is 12.8. The second-order valence-electron chi connectivity index (χ2n) is 11.6. The molecule has 0 saturated carbocycles. The average Bonchev–Trinajstić information content (AvgIpc) is 3.33. The Kier molecular flexibility index (Phi) is 9.38. The highest BCUT2D eigenvalue weighted by atomic mass is 16.4. The molecule has 1 aliphatic rings. The fraction of sp³-hybridized carbons (Fsp3) is 0.469. The number of H-pyrrole nitrogens is 1. The van der Waals surface area contributed by atoms with Crippen molar-refractivity contribution in [2.45, 2.75) is 77.5 Å². The van der Waals surface area contributed by atoms with Gasteiger partial charge in [0.15, 0.2) is 0 Å². The molecule has 0 aliphatic heterocycles. The lowest BCUT2D eigenvalue weighted by atomic mass is 9.78. The van der Waals surface area contributed by atoms with Crippen LogP contribution in [-0.2, 0) is 29.0 Å². The van der Waals surface area contributed by atoms with Crippen molar-refractivity contribution in [3.8, 4) is 0 Å². The van der Waals surface area contributed by atoms with Crippen molar-refractivity contribution in [1.29, 1.82) is 0 Å². The van der Waals surface area contributed by atoms with Gasteiger partial charge < -0.3 is 25.8 Å². The molecular formula is C32H42N4O5. The highest BCUT2D eigenvalue weighted by molar-refractivity contribution is 5.96. The summed E-state index contributed by atoms with van der Waals surface area (Å²) in [6.07, 6.45) is 0.487. The van der Waals surface area contributed by atoms with Crippen molar-refractivity contribution in [1.82, 2.24) is 20.5 Å². The zero-order valence-electron chi connectivity index (χ0n) is 24.3. The molecule has 9 nitrogen and oxygen atoms in total. The molecule has 3 aromatic rings. The number of aryl methyl sites for hydroxylation is 1. The summed E-state index contributed by atoms with van der Waals surface area (Å²) in [4.78, 5) is 45.5. The number of carbonyl (C=O) groups is 3. The van der Waals surface area contributed by atoms with Gasteiger partial charge in [0.2, 0.25) is 11.8 Å². The van der Waals surface area contributed by atoms with Crippen molar-refractivity contribution in [3.63, 3.8) is 0 Å². The van der Waals surface area contributed by atoms with Gasteiger partial charge in [-0.25, -0.2) is 4.79 Å². The standard InChI is InChI=1S/C32H42N4O5/c1-5-21(4)28(36(31(40)41)18-22-11-7-6-8-12-22)29(38)35-32(30(39)34-27(19-37)20(2)3)16-15-26-24(17-32)23-13-9-10-14-25(23)33-26/h6-14,20-21,27-28,33,37H,5,15-19H2,1-4H3,(H,34,39)(H,35,38)(H,40,41)/t21-,27+,28-,32-/m0/s1. The van der Waals surface area contributed by atoms with Gasteiger partial charge in [-0.1, -0.05) is 82.6 Å². The molecule has 3 amide bonds. The quantitative estimate of drug-likeness (QED) is 0.238. The number of aromatic amines is 1. The maximum atomic E-state index is 14.2. The molecule has 0 fully saturated rings. The van der Waals surface area contributed by atoms with Crippen molar-refractivity contribution in [3.05, 3.63) is 71.4 Å². The summed E-state index contributed by atoms with van der Waals surface area (Å²) in [6, 6.07) is 15.6. The number of benzene rings is 2. The van der Waals surface area contributed by atoms with E-state index in [0.717, 1.165) is 27.7 Å². The minimum atomic E-state index is -1.32. The van der Waals surface area contributed by atoms with E-state index in [0.29, 0.717) is 19.3 Å². The van der Waals surface area contributed by atoms with E-state index in [1.165, 1.54) is 4.90 Å². The number of aliphatic hydroxyl groups excluding tert-OH is 1. The summed E-state index contributed by atoms with van der Waals surface area (Å²) in [5.41, 5.74) is 2.41. The lowest BCUT2D eigenvalue weighted by Crippen LogP contribution is -2.66. The number of rotatable bonds is 11. The predicted molar refractivity (Wildman–Crippen MR) is 158 cm³/mol. The fourth-order valence-corrected chi connectivity index (χ4v) is 5.79. The number of carboxylic acid groups (broad SMARTS) is 1. The molecule has 1 aliphatic carbocycles. The predicted octanol–water partition coefficient (Wildman–Crippen LogP) is 4.24. The zero-order chi connectivity index (χ0) is 29.7. The van der Waals surface area contributed by atoms with Crippen LogP contribution in [0.3, 0.4) is 0 Å². The molecule has 41 heavy (non-hydrogen) atoms. The van der Waals surface area contributed by atoms with E-state index in [4.69, 9.17) is 0 Å². The van der Waals surface area contributed by atoms with Gasteiger partial charge in [-0.05, 0) is 41.9 Å². The molecule has 9 heteroatoms. The maximum Gasteiger partial charge on any atom is 0.408 e. The van der Waals surface area contributed by atoms with Crippen LogP contribution in [0, 0.1) is 11.8 Å². The summed E-state index contributed by atoms with van der Waals surface area (Å²) in [5.74, 6) is -1.20. The van der Waals surface area contributed by atoms with E-state index in [1.54, 1.807) is 0 Å². The first-order valence-corrected chi connectivity index (χ1v) is 14.5. The number of para-hydroxylation sites is 1. The highest BCUT2D eigenvalue weighted by Crippen LogP contribution is 2.35. The molecule has 4 atom stereocenters. The van der Waals surface area contributed by atoms with Crippen LogP contribution in [0.25, 0.3) is 10.9 Å². The summed E-state index contributed by atoms with van der Waals surface area (Å²) < 4.78 is 0. The van der Waals surface area contributed by atoms with Gasteiger partial charge in [-0.15, -0.1) is 0 Å². The Balaban J connectivity index is 1.73. The minimum absolute atomic E-state index is 0.0230. The van der Waals surface area contributed by atoms with Crippen LogP contribution in [0.15, 0.2) is 54.6 Å². The number of carbonyl (C=O) groups excluding carboxylic acids is 2. The van der Waals surface area contributed by atoms with Gasteiger partial charge in [-0.2, -0.15) is 0 Å². The summed E-state index contributed by atoms with van der Waals surface area (Å²) >= 11 is 0. The van der Waals surface area contributed by atoms with Crippen molar-refractivity contribution < 1.29 is 24.6 Å². The Morgan fingerprint density at radius 3 is 2.37 bits per heavy atom. The number of hydrogen-bond donors (Lipinski definition) is 5. The van der Waals surface area contributed by atoms with Crippen LogP contribution in [0.2, 0.25) is 0 Å². The molecule has 1 aromatic heterocycles. The van der Waals surface area contributed by atoms with Crippen LogP contribution in [0.1, 0.15) is 57.4 Å². The Morgan fingerprint density at radius 2 is 1.73 bits per heavy atom. The number of aromatic nitrogens is 1. The van der Waals surface area contributed by atoms with Gasteiger partial charge >= 0.3 is 6.09 Å². The van der Waals surface area contributed by atoms with Gasteiger partial charge in [0, 0.05) is 29.6 Å². The van der Waals surface area contributed by atoms with E-state index >= 15 is 0 Å². The minimum Gasteiger partial charge on any atom is -0.465 e. The van der Waals surface area contributed by atoms with Gasteiger partial charge in [0.25, 0.3) is 0 Å². The molecule has 0 bridgehead atoms. The van der Waals surface area contributed by atoms with Crippen molar-refractivity contribution in [2.24, 2.45) is 11.8 Å². The van der Waals surface area contributed by atoms with Crippen molar-refractivity contribution in [2.75, 3.05) is 6.61 Å². The molecule has 1 heterocycles. The number of hydrogen-bond acceptors (Lipinski definition) is 4. The first kappa shape index (κ1) is 30.1. The Hall–Kier alpha value is -3.85. The SMILES string of the molecule is CC[C@H](C)[C@@H](C(=O)N[C@@]1(C(=O)N[C@H](CO)C(C)C)CCc2[nH]c3ccccc3c2C1)N(Cc1ccccc1)C(=O)O. The smallest absolute Gasteiger partial charge is 0.408 e. The third-order valence-electron chi connectivity index (χ3n) is 8.53. The third-order valence-corrected chi connectivity index (χ3v) is 8.53. The Morgan fingerprint density at radius 1 is 1.05 bits per heavy atom. The number of nitrogens with zero attached hydrogens (tertiary/aromatic N) is 1. The monoisotopic (exact) mass is 562 g/mol. The first-order chi connectivity index (χ1) is 19.6. The molecule has 0 saturated heterocycles.